The van der Waals surface area contributed by atoms with Gasteiger partial charge in [0.2, 0.25) is 0 Å². The first-order valence-electron chi connectivity index (χ1n) is 11.8. The first-order valence-corrected chi connectivity index (χ1v) is 11.8. The molecule has 2 aliphatic rings. The van der Waals surface area contributed by atoms with Gasteiger partial charge in [-0.3, -0.25) is 14.5 Å². The van der Waals surface area contributed by atoms with Crippen LogP contribution < -0.4 is 15.8 Å². The van der Waals surface area contributed by atoms with E-state index in [9.17, 15) is 9.59 Å². The van der Waals surface area contributed by atoms with E-state index >= 15 is 0 Å². The van der Waals surface area contributed by atoms with Gasteiger partial charge < -0.3 is 15.2 Å². The summed E-state index contributed by atoms with van der Waals surface area (Å²) in [5, 5.41) is 7.28. The Morgan fingerprint density at radius 1 is 1.09 bits per heavy atom. The van der Waals surface area contributed by atoms with Crippen molar-refractivity contribution < 1.29 is 4.79 Å². The molecule has 2 fully saturated rings. The van der Waals surface area contributed by atoms with Gasteiger partial charge in [-0.25, -0.2) is 9.50 Å². The van der Waals surface area contributed by atoms with Crippen LogP contribution in [0.2, 0.25) is 0 Å². The van der Waals surface area contributed by atoms with Gasteiger partial charge in [-0.05, 0) is 55.7 Å². The first-order chi connectivity index (χ1) is 16.5. The maximum atomic E-state index is 12.3. The van der Waals surface area contributed by atoms with Crippen molar-refractivity contribution in [2.24, 2.45) is 0 Å². The summed E-state index contributed by atoms with van der Waals surface area (Å²) >= 11 is 0. The molecule has 1 aliphatic heterocycles. The van der Waals surface area contributed by atoms with Gasteiger partial charge in [-0.15, -0.1) is 0 Å². The van der Waals surface area contributed by atoms with Crippen molar-refractivity contribution in [3.8, 4) is 0 Å². The molecule has 3 aromatic heterocycles. The highest BCUT2D eigenvalue weighted by Crippen LogP contribution is 2.23. The number of piperazine rings is 1. The van der Waals surface area contributed by atoms with Gasteiger partial charge >= 0.3 is 0 Å². The largest absolute Gasteiger partial charge is 0.368 e. The zero-order valence-corrected chi connectivity index (χ0v) is 19.1. The molecule has 34 heavy (non-hydrogen) atoms. The van der Waals surface area contributed by atoms with Gasteiger partial charge in [0.05, 0.1) is 28.6 Å². The molecule has 0 bridgehead atoms. The van der Waals surface area contributed by atoms with Crippen molar-refractivity contribution in [1.29, 1.82) is 0 Å². The number of anilines is 1. The molecule has 1 aromatic carbocycles. The summed E-state index contributed by atoms with van der Waals surface area (Å²) < 4.78 is 1.69. The third kappa shape index (κ3) is 3.92. The van der Waals surface area contributed by atoms with Crippen LogP contribution in [0.4, 0.5) is 5.69 Å². The SMILES string of the molecule is Cc1nc(C(=O)NC2CC2)ccc1N1CCN(Cc2ccc3c(c2)[nH]c(=O)c2ccnn23)CC1. The summed E-state index contributed by atoms with van der Waals surface area (Å²) in [6, 6.07) is 12.1. The predicted octanol–water partition coefficient (Wildman–Crippen LogP) is 2.09. The smallest absolute Gasteiger partial charge is 0.274 e. The Morgan fingerprint density at radius 3 is 2.68 bits per heavy atom. The number of amides is 1. The number of hydrogen-bond acceptors (Lipinski definition) is 6. The molecular weight excluding hydrogens is 430 g/mol. The second-order valence-corrected chi connectivity index (χ2v) is 9.25. The van der Waals surface area contributed by atoms with Crippen molar-refractivity contribution in [3.63, 3.8) is 0 Å². The number of aromatic amines is 1. The number of rotatable bonds is 5. The highest BCUT2D eigenvalue weighted by molar-refractivity contribution is 5.93. The Bertz CT molecular complexity index is 1440. The van der Waals surface area contributed by atoms with Gasteiger partial charge in [0.15, 0.2) is 0 Å². The third-order valence-corrected chi connectivity index (χ3v) is 6.74. The summed E-state index contributed by atoms with van der Waals surface area (Å²) in [6.45, 7) is 6.44. The molecular formula is C25H27N7O2. The van der Waals surface area contributed by atoms with E-state index in [0.29, 0.717) is 17.3 Å². The molecule has 1 saturated heterocycles. The van der Waals surface area contributed by atoms with E-state index in [1.165, 1.54) is 0 Å². The summed E-state index contributed by atoms with van der Waals surface area (Å²) in [7, 11) is 0. The molecule has 6 rings (SSSR count). The maximum Gasteiger partial charge on any atom is 0.274 e. The number of benzene rings is 1. The van der Waals surface area contributed by atoms with E-state index < -0.39 is 0 Å². The Balaban J connectivity index is 1.12. The fourth-order valence-electron chi connectivity index (χ4n) is 4.73. The highest BCUT2D eigenvalue weighted by atomic mass is 16.2. The molecule has 0 atom stereocenters. The number of nitrogens with one attached hydrogen (secondary N) is 2. The maximum absolute atomic E-state index is 12.3. The molecule has 174 valence electrons. The minimum Gasteiger partial charge on any atom is -0.368 e. The fraction of sp³-hybridized carbons (Fsp3) is 0.360. The number of nitrogens with zero attached hydrogens (tertiary/aromatic N) is 5. The zero-order valence-electron chi connectivity index (χ0n) is 19.1. The average Bonchev–Trinajstić information content (AvgIpc) is 3.50. The normalized spacial score (nSPS) is 16.9. The summed E-state index contributed by atoms with van der Waals surface area (Å²) in [5.74, 6) is -0.0769. The van der Waals surface area contributed by atoms with Crippen LogP contribution in [0.25, 0.3) is 16.6 Å². The van der Waals surface area contributed by atoms with Crippen LogP contribution in [0.1, 0.15) is 34.6 Å². The van der Waals surface area contributed by atoms with E-state index in [2.05, 4.69) is 36.2 Å². The monoisotopic (exact) mass is 457 g/mol. The van der Waals surface area contributed by atoms with Crippen molar-refractivity contribution >= 4 is 28.1 Å². The van der Waals surface area contributed by atoms with Crippen molar-refractivity contribution in [2.75, 3.05) is 31.1 Å². The van der Waals surface area contributed by atoms with Crippen molar-refractivity contribution in [1.82, 2.24) is 29.8 Å². The summed E-state index contributed by atoms with van der Waals surface area (Å²) in [4.78, 5) is 36.9. The van der Waals surface area contributed by atoms with Gasteiger partial charge in [-0.1, -0.05) is 6.07 Å². The van der Waals surface area contributed by atoms with Crippen LogP contribution in [-0.2, 0) is 6.54 Å². The molecule has 4 aromatic rings. The van der Waals surface area contributed by atoms with Gasteiger partial charge in [0.1, 0.15) is 11.2 Å². The van der Waals surface area contributed by atoms with Crippen LogP contribution in [0.15, 0.2) is 47.4 Å². The third-order valence-electron chi connectivity index (χ3n) is 6.74. The lowest BCUT2D eigenvalue weighted by molar-refractivity contribution is 0.0946. The number of hydrogen-bond donors (Lipinski definition) is 2. The molecule has 9 nitrogen and oxygen atoms in total. The highest BCUT2D eigenvalue weighted by Gasteiger charge is 2.25. The molecule has 1 aliphatic carbocycles. The Hall–Kier alpha value is -3.72. The van der Waals surface area contributed by atoms with Gasteiger partial charge in [-0.2, -0.15) is 5.10 Å². The van der Waals surface area contributed by atoms with E-state index in [0.717, 1.165) is 73.5 Å². The summed E-state index contributed by atoms with van der Waals surface area (Å²) in [5.41, 5.74) is 5.75. The predicted molar refractivity (Wildman–Crippen MR) is 130 cm³/mol. The lowest BCUT2D eigenvalue weighted by Gasteiger charge is -2.36. The lowest BCUT2D eigenvalue weighted by Crippen LogP contribution is -2.46. The van der Waals surface area contributed by atoms with Crippen LogP contribution >= 0.6 is 0 Å². The molecule has 0 spiro atoms. The number of H-pyrrole nitrogens is 1. The second kappa shape index (κ2) is 8.25. The fourth-order valence-corrected chi connectivity index (χ4v) is 4.73. The van der Waals surface area contributed by atoms with Crippen LogP contribution in [0, 0.1) is 6.92 Å². The Labute approximate surface area is 196 Å². The van der Waals surface area contributed by atoms with Crippen LogP contribution in [0.5, 0.6) is 0 Å². The van der Waals surface area contributed by atoms with Crippen LogP contribution in [0.3, 0.4) is 0 Å². The van der Waals surface area contributed by atoms with E-state index in [4.69, 9.17) is 0 Å². The number of aromatic nitrogens is 4. The number of aryl methyl sites for hydroxylation is 1. The van der Waals surface area contributed by atoms with E-state index in [1.807, 2.05) is 31.2 Å². The molecule has 0 radical (unpaired) electrons. The molecule has 1 amide bonds. The summed E-state index contributed by atoms with van der Waals surface area (Å²) in [6.07, 6.45) is 3.78. The molecule has 4 heterocycles. The molecule has 0 unspecified atom stereocenters. The Kier molecular flexibility index (Phi) is 5.06. The van der Waals surface area contributed by atoms with Crippen molar-refractivity contribution in [2.45, 2.75) is 32.4 Å². The molecule has 9 heteroatoms. The van der Waals surface area contributed by atoms with E-state index in [1.54, 1.807) is 16.8 Å². The quantitative estimate of drug-likeness (QED) is 0.476. The van der Waals surface area contributed by atoms with Crippen molar-refractivity contribution in [3.05, 3.63) is 69.9 Å². The number of fused-ring (bicyclic) bond motifs is 3. The molecule has 1 saturated carbocycles. The standard InChI is InChI=1S/C25H27N7O2/c1-16-21(7-5-19(27-16)24(33)28-18-3-4-18)31-12-10-30(11-13-31)15-17-2-6-22-20(14-17)29-25(34)23-8-9-26-32(22)23/h2,5-9,14,18H,3-4,10-13,15H2,1H3,(H,28,33)(H,29,34). The number of carbonyl (C=O) groups excluding carboxylic acids is 1. The first kappa shape index (κ1) is 20.9. The zero-order chi connectivity index (χ0) is 23.2. The van der Waals surface area contributed by atoms with E-state index in [-0.39, 0.29) is 11.5 Å². The Morgan fingerprint density at radius 2 is 1.91 bits per heavy atom. The van der Waals surface area contributed by atoms with Crippen LogP contribution in [-0.4, -0.2) is 62.6 Å². The average molecular weight is 458 g/mol. The minimum absolute atomic E-state index is 0.0769. The van der Waals surface area contributed by atoms with Gasteiger partial charge in [0, 0.05) is 38.8 Å². The van der Waals surface area contributed by atoms with Gasteiger partial charge in [0.25, 0.3) is 11.5 Å². The number of pyridine rings is 1. The second-order valence-electron chi connectivity index (χ2n) is 9.25. The molecule has 2 N–H and O–H groups in total. The number of carbonyl (C=O) groups is 1. The minimum atomic E-state index is -0.129. The lowest BCUT2D eigenvalue weighted by atomic mass is 10.1. The topological polar surface area (TPSA) is 98.6 Å².